The lowest BCUT2D eigenvalue weighted by Gasteiger charge is -2.25. The summed E-state index contributed by atoms with van der Waals surface area (Å²) in [7, 11) is 1.69. The quantitative estimate of drug-likeness (QED) is 0.703. The molecule has 0 saturated heterocycles. The third-order valence-electron chi connectivity index (χ3n) is 2.75. The fraction of sp³-hybridized carbons (Fsp3) is 0.909. The first-order chi connectivity index (χ1) is 6.57. The summed E-state index contributed by atoms with van der Waals surface area (Å²) in [6.45, 7) is 5.00. The number of rotatable bonds is 6. The summed E-state index contributed by atoms with van der Waals surface area (Å²) in [4.78, 5) is 0. The van der Waals surface area contributed by atoms with Crippen molar-refractivity contribution in [2.75, 3.05) is 13.7 Å². The van der Waals surface area contributed by atoms with Crippen LogP contribution in [-0.2, 0) is 4.74 Å². The number of ether oxygens (including phenoxy) is 1. The van der Waals surface area contributed by atoms with Crippen LogP contribution in [0.4, 0.5) is 0 Å². The van der Waals surface area contributed by atoms with Gasteiger partial charge in [-0.25, -0.2) is 0 Å². The smallest absolute Gasteiger partial charge is 0.0980 e. The van der Waals surface area contributed by atoms with Gasteiger partial charge in [-0.2, -0.15) is 5.26 Å². The van der Waals surface area contributed by atoms with Crippen molar-refractivity contribution in [2.24, 2.45) is 5.92 Å². The largest absolute Gasteiger partial charge is 0.379 e. The van der Waals surface area contributed by atoms with E-state index >= 15 is 0 Å². The van der Waals surface area contributed by atoms with E-state index in [4.69, 9.17) is 10.00 Å². The van der Waals surface area contributed by atoms with Crippen LogP contribution < -0.4 is 5.32 Å². The first-order valence-electron chi connectivity index (χ1n) is 5.25. The zero-order valence-corrected chi connectivity index (χ0v) is 9.34. The molecule has 1 saturated carbocycles. The average molecular weight is 196 g/mol. The van der Waals surface area contributed by atoms with E-state index in [1.165, 1.54) is 12.8 Å². The maximum Gasteiger partial charge on any atom is 0.0980 e. The Labute approximate surface area is 86.4 Å². The summed E-state index contributed by atoms with van der Waals surface area (Å²) in [5.41, 5.74) is -0.211. The van der Waals surface area contributed by atoms with E-state index in [0.717, 1.165) is 18.9 Å². The van der Waals surface area contributed by atoms with Gasteiger partial charge in [0.05, 0.1) is 17.7 Å². The molecule has 0 aromatic rings. The van der Waals surface area contributed by atoms with Crippen LogP contribution in [0.15, 0.2) is 0 Å². The molecule has 0 aliphatic heterocycles. The Morgan fingerprint density at radius 3 is 2.64 bits per heavy atom. The molecule has 1 unspecified atom stereocenters. The normalized spacial score (nSPS) is 19.0. The van der Waals surface area contributed by atoms with E-state index in [2.05, 4.69) is 11.4 Å². The molecule has 0 amide bonds. The third kappa shape index (κ3) is 4.08. The highest BCUT2D eigenvalue weighted by Gasteiger charge is 2.25. The first kappa shape index (κ1) is 11.5. The lowest BCUT2D eigenvalue weighted by Crippen LogP contribution is -2.37. The second-order valence-electron chi connectivity index (χ2n) is 4.70. The van der Waals surface area contributed by atoms with Crippen molar-refractivity contribution in [1.29, 1.82) is 5.26 Å². The van der Waals surface area contributed by atoms with Crippen molar-refractivity contribution >= 4 is 0 Å². The number of methoxy groups -OCH3 is 1. The highest BCUT2D eigenvalue weighted by molar-refractivity contribution is 4.95. The van der Waals surface area contributed by atoms with Crippen LogP contribution in [0, 0.1) is 17.2 Å². The molecule has 1 atom stereocenters. The van der Waals surface area contributed by atoms with Crippen molar-refractivity contribution in [3.63, 3.8) is 0 Å². The lowest BCUT2D eigenvalue weighted by molar-refractivity contribution is 0.0112. The van der Waals surface area contributed by atoms with Crippen molar-refractivity contribution in [3.8, 4) is 6.07 Å². The lowest BCUT2D eigenvalue weighted by atomic mass is 9.99. The van der Waals surface area contributed by atoms with Gasteiger partial charge in [0, 0.05) is 13.5 Å². The van der Waals surface area contributed by atoms with Crippen molar-refractivity contribution in [1.82, 2.24) is 5.32 Å². The van der Waals surface area contributed by atoms with E-state index in [-0.39, 0.29) is 11.6 Å². The molecule has 0 radical (unpaired) electrons. The van der Waals surface area contributed by atoms with Crippen LogP contribution in [0.3, 0.4) is 0 Å². The number of nitriles is 1. The summed E-state index contributed by atoms with van der Waals surface area (Å²) in [5, 5.41) is 12.2. The van der Waals surface area contributed by atoms with Crippen LogP contribution in [0.1, 0.15) is 33.1 Å². The van der Waals surface area contributed by atoms with Gasteiger partial charge >= 0.3 is 0 Å². The van der Waals surface area contributed by atoms with Crippen LogP contribution in [-0.4, -0.2) is 25.3 Å². The minimum absolute atomic E-state index is 0.0782. The zero-order chi connectivity index (χ0) is 10.6. The minimum Gasteiger partial charge on any atom is -0.379 e. The molecule has 0 heterocycles. The fourth-order valence-corrected chi connectivity index (χ4v) is 1.37. The number of hydrogen-bond acceptors (Lipinski definition) is 3. The summed E-state index contributed by atoms with van der Waals surface area (Å²) in [6.07, 6.45) is 3.38. The predicted molar refractivity (Wildman–Crippen MR) is 55.8 cm³/mol. The number of hydrogen-bond donors (Lipinski definition) is 1. The number of nitrogens with one attached hydrogen (secondary N) is 1. The Morgan fingerprint density at radius 2 is 2.21 bits per heavy atom. The molecule has 1 fully saturated rings. The maximum absolute atomic E-state index is 8.95. The predicted octanol–water partition coefficient (Wildman–Crippen LogP) is 1.69. The van der Waals surface area contributed by atoms with Crippen LogP contribution in [0.25, 0.3) is 0 Å². The Balaban J connectivity index is 2.26. The molecule has 80 valence electrons. The Hall–Kier alpha value is -0.590. The molecule has 3 nitrogen and oxygen atoms in total. The average Bonchev–Trinajstić information content (AvgIpc) is 2.95. The van der Waals surface area contributed by atoms with Gasteiger partial charge in [0.1, 0.15) is 0 Å². The maximum atomic E-state index is 8.95. The molecule has 0 aromatic heterocycles. The van der Waals surface area contributed by atoms with E-state index < -0.39 is 0 Å². The van der Waals surface area contributed by atoms with Crippen LogP contribution >= 0.6 is 0 Å². The minimum atomic E-state index is -0.211. The Kier molecular flexibility index (Phi) is 3.91. The van der Waals surface area contributed by atoms with Gasteiger partial charge in [-0.05, 0) is 39.2 Å². The van der Waals surface area contributed by atoms with Gasteiger partial charge < -0.3 is 10.1 Å². The molecule has 1 rings (SSSR count). The van der Waals surface area contributed by atoms with E-state index in [1.54, 1.807) is 7.11 Å². The summed E-state index contributed by atoms with van der Waals surface area (Å²) < 4.78 is 5.30. The molecule has 1 aliphatic carbocycles. The summed E-state index contributed by atoms with van der Waals surface area (Å²) >= 11 is 0. The highest BCUT2D eigenvalue weighted by Crippen LogP contribution is 2.28. The van der Waals surface area contributed by atoms with Gasteiger partial charge in [-0.15, -0.1) is 0 Å². The monoisotopic (exact) mass is 196 g/mol. The van der Waals surface area contributed by atoms with E-state index in [1.807, 2.05) is 13.8 Å². The second-order valence-corrected chi connectivity index (χ2v) is 4.70. The Bertz CT molecular complexity index is 216. The van der Waals surface area contributed by atoms with Gasteiger partial charge in [0.25, 0.3) is 0 Å². The second kappa shape index (κ2) is 4.77. The third-order valence-corrected chi connectivity index (χ3v) is 2.75. The highest BCUT2D eigenvalue weighted by atomic mass is 16.5. The fourth-order valence-electron chi connectivity index (χ4n) is 1.37. The van der Waals surface area contributed by atoms with Crippen molar-refractivity contribution in [2.45, 2.75) is 44.8 Å². The molecule has 14 heavy (non-hydrogen) atoms. The van der Waals surface area contributed by atoms with Crippen molar-refractivity contribution < 1.29 is 4.74 Å². The molecular weight excluding hydrogens is 176 g/mol. The topological polar surface area (TPSA) is 45.0 Å². The first-order valence-corrected chi connectivity index (χ1v) is 5.25. The van der Waals surface area contributed by atoms with Gasteiger partial charge in [0.15, 0.2) is 0 Å². The SMILES string of the molecule is COC(C)(C)CC(C#N)NCC1CC1. The standard InChI is InChI=1S/C11H20N2O/c1-11(2,14-3)6-10(7-12)13-8-9-4-5-9/h9-10,13H,4-6,8H2,1-3H3. The van der Waals surface area contributed by atoms with E-state index in [9.17, 15) is 0 Å². The molecule has 0 spiro atoms. The molecule has 0 aromatic carbocycles. The van der Waals surface area contributed by atoms with E-state index in [0.29, 0.717) is 0 Å². The van der Waals surface area contributed by atoms with Gasteiger partial charge in [-0.1, -0.05) is 0 Å². The zero-order valence-electron chi connectivity index (χ0n) is 9.34. The molecule has 3 heteroatoms. The van der Waals surface area contributed by atoms with Crippen LogP contribution in [0.5, 0.6) is 0 Å². The van der Waals surface area contributed by atoms with Gasteiger partial charge in [-0.3, -0.25) is 0 Å². The molecule has 1 aliphatic rings. The summed E-state index contributed by atoms with van der Waals surface area (Å²) in [5.74, 6) is 0.816. The molecule has 0 bridgehead atoms. The Morgan fingerprint density at radius 1 is 1.57 bits per heavy atom. The molecular formula is C11H20N2O. The van der Waals surface area contributed by atoms with Gasteiger partial charge in [0.2, 0.25) is 0 Å². The number of nitrogens with zero attached hydrogens (tertiary/aromatic N) is 1. The molecule has 1 N–H and O–H groups in total. The van der Waals surface area contributed by atoms with Crippen LogP contribution in [0.2, 0.25) is 0 Å². The van der Waals surface area contributed by atoms with Crippen molar-refractivity contribution in [3.05, 3.63) is 0 Å². The summed E-state index contributed by atoms with van der Waals surface area (Å²) in [6, 6.07) is 2.21.